The summed E-state index contributed by atoms with van der Waals surface area (Å²) in [6, 6.07) is 7.11. The predicted octanol–water partition coefficient (Wildman–Crippen LogP) is 1.66. The molecule has 1 aromatic carbocycles. The van der Waals surface area contributed by atoms with E-state index in [1.54, 1.807) is 25.3 Å². The first kappa shape index (κ1) is 18.4. The van der Waals surface area contributed by atoms with Crippen LogP contribution in [-0.2, 0) is 10.0 Å². The lowest BCUT2D eigenvalue weighted by Crippen LogP contribution is -2.25. The molecule has 25 heavy (non-hydrogen) atoms. The van der Waals surface area contributed by atoms with Crippen LogP contribution in [0.1, 0.15) is 5.56 Å². The van der Waals surface area contributed by atoms with E-state index in [0.29, 0.717) is 11.3 Å². The third kappa shape index (κ3) is 5.27. The zero-order valence-corrected chi connectivity index (χ0v) is 14.1. The van der Waals surface area contributed by atoms with Crippen LogP contribution in [0.2, 0.25) is 0 Å². The highest BCUT2D eigenvalue weighted by molar-refractivity contribution is 7.89. The zero-order chi connectivity index (χ0) is 18.3. The number of ether oxygens (including phenoxy) is 1. The molecule has 0 saturated carbocycles. The molecule has 0 aliphatic heterocycles. The van der Waals surface area contributed by atoms with Crippen LogP contribution in [-0.4, -0.2) is 31.5 Å². The molecule has 0 radical (unpaired) electrons. The Balaban J connectivity index is 1.95. The van der Waals surface area contributed by atoms with Gasteiger partial charge in [-0.15, -0.1) is 0 Å². The number of nitrogens with zero attached hydrogens (tertiary/aromatic N) is 2. The Kier molecular flexibility index (Phi) is 6.05. The molecule has 1 N–H and O–H groups in total. The number of hydrogen-bond donors (Lipinski definition) is 1. The minimum Gasteiger partial charge on any atom is -0.479 e. The van der Waals surface area contributed by atoms with E-state index in [1.807, 2.05) is 0 Å². The fraction of sp³-hybridized carbons (Fsp3) is 0.188. The summed E-state index contributed by atoms with van der Waals surface area (Å²) in [6.07, 6.45) is 3.15. The van der Waals surface area contributed by atoms with E-state index in [1.165, 1.54) is 18.3 Å². The third-order valence-corrected chi connectivity index (χ3v) is 4.64. The maximum absolute atomic E-state index is 12.2. The molecule has 2 rings (SSSR count). The Hall–Kier alpha value is -2.96. The van der Waals surface area contributed by atoms with Gasteiger partial charge < -0.3 is 4.74 Å². The van der Waals surface area contributed by atoms with E-state index in [2.05, 4.69) is 21.5 Å². The van der Waals surface area contributed by atoms with Crippen LogP contribution in [0.3, 0.4) is 0 Å². The molecule has 0 amide bonds. The highest BCUT2D eigenvalue weighted by atomic mass is 32.2. The van der Waals surface area contributed by atoms with Gasteiger partial charge in [0.25, 0.3) is 5.69 Å². The normalized spacial score (nSPS) is 10.6. The first-order valence-electron chi connectivity index (χ1n) is 7.13. The van der Waals surface area contributed by atoms with Crippen molar-refractivity contribution < 1.29 is 18.1 Å². The summed E-state index contributed by atoms with van der Waals surface area (Å²) >= 11 is 0. The molecular weight excluding hydrogens is 346 g/mol. The van der Waals surface area contributed by atoms with Crippen LogP contribution in [0.15, 0.2) is 47.6 Å². The molecular formula is C16H15N3O5S. The van der Waals surface area contributed by atoms with Crippen molar-refractivity contribution in [3.63, 3.8) is 0 Å². The lowest BCUT2D eigenvalue weighted by Gasteiger charge is -2.07. The number of aryl methyl sites for hydroxylation is 1. The Morgan fingerprint density at radius 2 is 2.12 bits per heavy atom. The van der Waals surface area contributed by atoms with Crippen molar-refractivity contribution in [2.24, 2.45) is 0 Å². The lowest BCUT2D eigenvalue weighted by atomic mass is 10.2. The monoisotopic (exact) mass is 361 g/mol. The molecule has 0 saturated heterocycles. The Bertz CT molecular complexity index is 918. The van der Waals surface area contributed by atoms with Crippen molar-refractivity contribution in [3.05, 3.63) is 58.4 Å². The highest BCUT2D eigenvalue weighted by Crippen LogP contribution is 2.21. The number of aromatic nitrogens is 1. The van der Waals surface area contributed by atoms with Crippen molar-refractivity contribution in [3.8, 4) is 17.6 Å². The SMILES string of the molecule is Cc1ccc([N+](=O)[O-])cc1S(=O)(=O)NCC#CCOc1cccnc1. The van der Waals surface area contributed by atoms with Crippen molar-refractivity contribution in [1.29, 1.82) is 0 Å². The highest BCUT2D eigenvalue weighted by Gasteiger charge is 2.19. The molecule has 9 heteroatoms. The summed E-state index contributed by atoms with van der Waals surface area (Å²) in [6.45, 7) is 1.51. The molecule has 0 aliphatic carbocycles. The van der Waals surface area contributed by atoms with Crippen molar-refractivity contribution >= 4 is 15.7 Å². The van der Waals surface area contributed by atoms with Gasteiger partial charge in [0.1, 0.15) is 12.4 Å². The van der Waals surface area contributed by atoms with Gasteiger partial charge >= 0.3 is 0 Å². The number of non-ortho nitro benzene ring substituents is 1. The second-order valence-corrected chi connectivity index (χ2v) is 6.60. The number of hydrogen-bond acceptors (Lipinski definition) is 6. The number of benzene rings is 1. The predicted molar refractivity (Wildman–Crippen MR) is 90.5 cm³/mol. The van der Waals surface area contributed by atoms with Crippen molar-refractivity contribution in [1.82, 2.24) is 9.71 Å². The molecule has 0 unspecified atom stereocenters. The van der Waals surface area contributed by atoms with Crippen LogP contribution in [0.5, 0.6) is 5.75 Å². The summed E-state index contributed by atoms with van der Waals surface area (Å²) in [7, 11) is -3.89. The topological polar surface area (TPSA) is 111 Å². The molecule has 130 valence electrons. The first-order valence-corrected chi connectivity index (χ1v) is 8.62. The van der Waals surface area contributed by atoms with Crippen LogP contribution >= 0.6 is 0 Å². The summed E-state index contributed by atoms with van der Waals surface area (Å²) in [5.74, 6) is 5.85. The lowest BCUT2D eigenvalue weighted by molar-refractivity contribution is -0.385. The molecule has 1 aromatic heterocycles. The number of pyridine rings is 1. The number of nitro groups is 1. The smallest absolute Gasteiger partial charge is 0.270 e. The standard InChI is InChI=1S/C16H15N3O5S/c1-13-6-7-14(19(20)21)11-16(13)25(22,23)18-9-2-3-10-24-15-5-4-8-17-12-15/h4-8,11-12,18H,9-10H2,1H3. The fourth-order valence-electron chi connectivity index (χ4n) is 1.87. The van der Waals surface area contributed by atoms with Gasteiger partial charge in [0.2, 0.25) is 10.0 Å². The Morgan fingerprint density at radius 3 is 2.80 bits per heavy atom. The van der Waals surface area contributed by atoms with Gasteiger partial charge in [-0.05, 0) is 24.6 Å². The minimum absolute atomic E-state index is 0.0866. The van der Waals surface area contributed by atoms with E-state index in [0.717, 1.165) is 6.07 Å². The van der Waals surface area contributed by atoms with E-state index in [4.69, 9.17) is 4.74 Å². The van der Waals surface area contributed by atoms with Crippen LogP contribution in [0, 0.1) is 28.9 Å². The van der Waals surface area contributed by atoms with E-state index in [-0.39, 0.29) is 23.7 Å². The van der Waals surface area contributed by atoms with E-state index >= 15 is 0 Å². The fourth-order valence-corrected chi connectivity index (χ4v) is 3.05. The second-order valence-electron chi connectivity index (χ2n) is 4.86. The van der Waals surface area contributed by atoms with Crippen molar-refractivity contribution in [2.75, 3.05) is 13.2 Å². The van der Waals surface area contributed by atoms with Crippen LogP contribution < -0.4 is 9.46 Å². The van der Waals surface area contributed by atoms with Gasteiger partial charge in [-0.2, -0.15) is 4.72 Å². The van der Waals surface area contributed by atoms with Crippen LogP contribution in [0.4, 0.5) is 5.69 Å². The quantitative estimate of drug-likeness (QED) is 0.476. The molecule has 0 spiro atoms. The van der Waals surface area contributed by atoms with Gasteiger partial charge in [-0.1, -0.05) is 17.9 Å². The maximum Gasteiger partial charge on any atom is 0.270 e. The number of nitrogens with one attached hydrogen (secondary N) is 1. The summed E-state index contributed by atoms with van der Waals surface area (Å²) in [5.41, 5.74) is 0.118. The molecule has 2 aromatic rings. The maximum atomic E-state index is 12.2. The van der Waals surface area contributed by atoms with Gasteiger partial charge in [0.15, 0.2) is 0 Å². The third-order valence-electron chi connectivity index (χ3n) is 3.09. The van der Waals surface area contributed by atoms with Gasteiger partial charge in [0.05, 0.1) is 22.6 Å². The first-order chi connectivity index (χ1) is 11.9. The zero-order valence-electron chi connectivity index (χ0n) is 13.3. The largest absolute Gasteiger partial charge is 0.479 e. The summed E-state index contributed by atoms with van der Waals surface area (Å²) in [5, 5.41) is 10.8. The number of sulfonamides is 1. The molecule has 0 aliphatic rings. The molecule has 0 bridgehead atoms. The van der Waals surface area contributed by atoms with Gasteiger partial charge in [-0.3, -0.25) is 15.1 Å². The summed E-state index contributed by atoms with van der Waals surface area (Å²) in [4.78, 5) is 13.9. The van der Waals surface area contributed by atoms with Crippen LogP contribution in [0.25, 0.3) is 0 Å². The Labute approximate surface area is 145 Å². The Morgan fingerprint density at radius 1 is 1.32 bits per heavy atom. The molecule has 0 atom stereocenters. The summed E-state index contributed by atoms with van der Waals surface area (Å²) < 4.78 is 32.1. The molecule has 8 nitrogen and oxygen atoms in total. The second kappa shape index (κ2) is 8.23. The molecule has 1 heterocycles. The number of rotatable bonds is 6. The van der Waals surface area contributed by atoms with Gasteiger partial charge in [0, 0.05) is 18.3 Å². The van der Waals surface area contributed by atoms with Crippen molar-refractivity contribution in [2.45, 2.75) is 11.8 Å². The average Bonchev–Trinajstić information content (AvgIpc) is 2.59. The number of nitro benzene ring substituents is 1. The minimum atomic E-state index is -3.89. The molecule has 0 fully saturated rings. The average molecular weight is 361 g/mol. The van der Waals surface area contributed by atoms with E-state index in [9.17, 15) is 18.5 Å². The van der Waals surface area contributed by atoms with Gasteiger partial charge in [-0.25, -0.2) is 8.42 Å². The van der Waals surface area contributed by atoms with E-state index < -0.39 is 14.9 Å².